The smallest absolute Gasteiger partial charge is 0.207 e. The van der Waals surface area contributed by atoms with Crippen molar-refractivity contribution >= 4 is 64.8 Å². The fourth-order valence-corrected chi connectivity index (χ4v) is 5.74. The quantitative estimate of drug-likeness (QED) is 0.623. The second kappa shape index (κ2) is 6.68. The van der Waals surface area contributed by atoms with Gasteiger partial charge in [0.2, 0.25) is 10.0 Å². The van der Waals surface area contributed by atoms with Crippen LogP contribution in [0.2, 0.25) is 4.34 Å². The van der Waals surface area contributed by atoms with Crippen LogP contribution < -0.4 is 0 Å². The monoisotopic (exact) mass is 471 g/mol. The molecular formula is C13H12Br2ClNO2S2. The van der Waals surface area contributed by atoms with Gasteiger partial charge in [-0.2, -0.15) is 4.31 Å². The van der Waals surface area contributed by atoms with Gasteiger partial charge in [-0.3, -0.25) is 0 Å². The Morgan fingerprint density at radius 1 is 1.24 bits per heavy atom. The summed E-state index contributed by atoms with van der Waals surface area (Å²) in [6.45, 7) is 2.19. The van der Waals surface area contributed by atoms with Crippen LogP contribution in [0, 0.1) is 6.92 Å². The van der Waals surface area contributed by atoms with Crippen molar-refractivity contribution in [2.24, 2.45) is 0 Å². The van der Waals surface area contributed by atoms with Gasteiger partial charge in [0, 0.05) is 27.4 Å². The standard InChI is InChI=1S/C13H12Br2ClNO2S2/c1-8-5-11(15)12(6-10(8)14)21(18,19)17(2)7-9-3-4-13(16)20-9/h3-6H,7H2,1-2H3. The van der Waals surface area contributed by atoms with E-state index >= 15 is 0 Å². The second-order valence-corrected chi connectivity index (χ2v) is 10.0. The van der Waals surface area contributed by atoms with Gasteiger partial charge in [0.25, 0.3) is 0 Å². The minimum Gasteiger partial charge on any atom is -0.207 e. The summed E-state index contributed by atoms with van der Waals surface area (Å²) in [7, 11) is -2.02. The van der Waals surface area contributed by atoms with Gasteiger partial charge >= 0.3 is 0 Å². The van der Waals surface area contributed by atoms with Crippen LogP contribution in [0.15, 0.2) is 38.1 Å². The van der Waals surface area contributed by atoms with Crippen molar-refractivity contribution in [2.45, 2.75) is 18.4 Å². The molecule has 2 aromatic rings. The van der Waals surface area contributed by atoms with Gasteiger partial charge in [0.15, 0.2) is 0 Å². The summed E-state index contributed by atoms with van der Waals surface area (Å²) in [5.41, 5.74) is 0.966. The molecule has 1 aromatic heterocycles. The minimum atomic E-state index is -3.58. The molecule has 0 spiro atoms. The number of thiophene rings is 1. The van der Waals surface area contributed by atoms with Gasteiger partial charge in [0.05, 0.1) is 9.23 Å². The highest BCUT2D eigenvalue weighted by Crippen LogP contribution is 2.31. The Morgan fingerprint density at radius 3 is 2.48 bits per heavy atom. The summed E-state index contributed by atoms with van der Waals surface area (Å²) in [5.74, 6) is 0. The molecule has 21 heavy (non-hydrogen) atoms. The molecule has 0 aliphatic rings. The number of halogens is 3. The van der Waals surface area contributed by atoms with Crippen LogP contribution in [-0.4, -0.2) is 19.8 Å². The third-order valence-electron chi connectivity index (χ3n) is 2.91. The Labute approximate surface area is 150 Å². The fourth-order valence-electron chi connectivity index (χ4n) is 1.73. The third-order valence-corrected chi connectivity index (χ3v) is 7.74. The summed E-state index contributed by atoms with van der Waals surface area (Å²) in [4.78, 5) is 1.14. The molecule has 0 saturated carbocycles. The zero-order chi connectivity index (χ0) is 15.8. The molecule has 0 bridgehead atoms. The van der Waals surface area contributed by atoms with E-state index in [0.29, 0.717) is 8.81 Å². The lowest BCUT2D eigenvalue weighted by molar-refractivity contribution is 0.469. The average molecular weight is 474 g/mol. The number of hydrogen-bond donors (Lipinski definition) is 0. The van der Waals surface area contributed by atoms with Crippen LogP contribution in [-0.2, 0) is 16.6 Å². The van der Waals surface area contributed by atoms with E-state index < -0.39 is 10.0 Å². The Kier molecular flexibility index (Phi) is 5.55. The summed E-state index contributed by atoms with van der Waals surface area (Å²) >= 11 is 14.0. The maximum absolute atomic E-state index is 12.7. The van der Waals surface area contributed by atoms with Crippen LogP contribution in [0.1, 0.15) is 10.4 Å². The molecule has 0 saturated heterocycles. The predicted molar refractivity (Wildman–Crippen MR) is 94.6 cm³/mol. The first-order valence-corrected chi connectivity index (χ1v) is 10.1. The fraction of sp³-hybridized carbons (Fsp3) is 0.231. The van der Waals surface area contributed by atoms with E-state index in [-0.39, 0.29) is 11.4 Å². The van der Waals surface area contributed by atoms with E-state index in [1.165, 1.54) is 15.6 Å². The number of benzene rings is 1. The van der Waals surface area contributed by atoms with E-state index in [1.807, 2.05) is 13.0 Å². The van der Waals surface area contributed by atoms with Crippen molar-refractivity contribution in [3.63, 3.8) is 0 Å². The van der Waals surface area contributed by atoms with E-state index in [9.17, 15) is 8.42 Å². The topological polar surface area (TPSA) is 37.4 Å². The molecule has 0 radical (unpaired) electrons. The van der Waals surface area contributed by atoms with E-state index in [1.54, 1.807) is 25.2 Å². The number of rotatable bonds is 4. The average Bonchev–Trinajstić information content (AvgIpc) is 2.79. The van der Waals surface area contributed by atoms with Gasteiger partial charge in [-0.25, -0.2) is 8.42 Å². The minimum absolute atomic E-state index is 0.241. The number of sulfonamides is 1. The van der Waals surface area contributed by atoms with Crippen molar-refractivity contribution in [1.82, 2.24) is 4.31 Å². The molecule has 1 aromatic carbocycles. The van der Waals surface area contributed by atoms with Gasteiger partial charge in [-0.1, -0.05) is 27.5 Å². The number of hydrogen-bond acceptors (Lipinski definition) is 3. The molecule has 0 atom stereocenters. The predicted octanol–water partition coefficient (Wildman–Crippen LogP) is 5.06. The summed E-state index contributed by atoms with van der Waals surface area (Å²) < 4.78 is 28.6. The summed E-state index contributed by atoms with van der Waals surface area (Å²) in [6.07, 6.45) is 0. The van der Waals surface area contributed by atoms with Crippen LogP contribution in [0.4, 0.5) is 0 Å². The Morgan fingerprint density at radius 2 is 1.90 bits per heavy atom. The second-order valence-electron chi connectivity index (χ2n) is 4.50. The zero-order valence-corrected chi connectivity index (χ0v) is 16.8. The molecule has 0 aliphatic heterocycles. The number of nitrogens with zero attached hydrogens (tertiary/aromatic N) is 1. The molecule has 0 unspecified atom stereocenters. The maximum atomic E-state index is 12.7. The molecule has 8 heteroatoms. The Hall–Kier alpha value is 0.0800. The van der Waals surface area contributed by atoms with Crippen molar-refractivity contribution in [3.05, 3.63) is 48.0 Å². The molecule has 0 N–H and O–H groups in total. The third kappa shape index (κ3) is 3.89. The lowest BCUT2D eigenvalue weighted by Gasteiger charge is -2.18. The van der Waals surface area contributed by atoms with Gasteiger partial charge in [-0.15, -0.1) is 11.3 Å². The molecule has 2 rings (SSSR count). The molecule has 1 heterocycles. The highest BCUT2D eigenvalue weighted by Gasteiger charge is 2.24. The molecule has 0 aliphatic carbocycles. The zero-order valence-electron chi connectivity index (χ0n) is 11.2. The van der Waals surface area contributed by atoms with Gasteiger partial charge < -0.3 is 0 Å². The van der Waals surface area contributed by atoms with E-state index in [4.69, 9.17) is 11.6 Å². The SMILES string of the molecule is Cc1cc(Br)c(S(=O)(=O)N(C)Cc2ccc(Cl)s2)cc1Br. The molecule has 114 valence electrons. The van der Waals surface area contributed by atoms with Crippen LogP contribution in [0.5, 0.6) is 0 Å². The first-order valence-electron chi connectivity index (χ1n) is 5.88. The number of aryl methyl sites for hydroxylation is 1. The Balaban J connectivity index is 2.35. The maximum Gasteiger partial charge on any atom is 0.244 e. The summed E-state index contributed by atoms with van der Waals surface area (Å²) in [5, 5.41) is 0. The highest BCUT2D eigenvalue weighted by molar-refractivity contribution is 9.11. The molecular weight excluding hydrogens is 462 g/mol. The van der Waals surface area contributed by atoms with E-state index in [0.717, 1.165) is 14.9 Å². The summed E-state index contributed by atoms with van der Waals surface area (Å²) in [6, 6.07) is 7.00. The van der Waals surface area contributed by atoms with Crippen LogP contribution in [0.25, 0.3) is 0 Å². The molecule has 3 nitrogen and oxygen atoms in total. The van der Waals surface area contributed by atoms with E-state index in [2.05, 4.69) is 31.9 Å². The van der Waals surface area contributed by atoms with Crippen LogP contribution >= 0.6 is 54.8 Å². The lowest BCUT2D eigenvalue weighted by Crippen LogP contribution is -2.26. The van der Waals surface area contributed by atoms with Crippen molar-refractivity contribution in [1.29, 1.82) is 0 Å². The van der Waals surface area contributed by atoms with Crippen LogP contribution in [0.3, 0.4) is 0 Å². The molecule has 0 fully saturated rings. The first kappa shape index (κ1) is 17.4. The van der Waals surface area contributed by atoms with Gasteiger partial charge in [-0.05, 0) is 52.7 Å². The largest absolute Gasteiger partial charge is 0.244 e. The molecule has 0 amide bonds. The van der Waals surface area contributed by atoms with Gasteiger partial charge in [0.1, 0.15) is 0 Å². The first-order chi connectivity index (χ1) is 9.71. The van der Waals surface area contributed by atoms with Crippen molar-refractivity contribution in [2.75, 3.05) is 7.05 Å². The normalized spacial score (nSPS) is 12.1. The van der Waals surface area contributed by atoms with Crippen molar-refractivity contribution in [3.8, 4) is 0 Å². The highest BCUT2D eigenvalue weighted by atomic mass is 79.9. The van der Waals surface area contributed by atoms with Crippen molar-refractivity contribution < 1.29 is 8.42 Å². The Bertz CT molecular complexity index is 774. The lowest BCUT2D eigenvalue weighted by atomic mass is 10.2.